The number of H-pyrrole nitrogens is 1. The molecule has 0 fully saturated rings. The van der Waals surface area contributed by atoms with E-state index < -0.39 is 29.6 Å². The molecule has 0 aliphatic carbocycles. The van der Waals surface area contributed by atoms with Crippen LogP contribution in [0.1, 0.15) is 38.3 Å². The molecule has 0 aliphatic heterocycles. The summed E-state index contributed by atoms with van der Waals surface area (Å²) < 4.78 is 6.03. The van der Waals surface area contributed by atoms with E-state index in [-0.39, 0.29) is 17.9 Å². The Hall–Kier alpha value is -2.68. The number of aryl methyl sites for hydroxylation is 1. The number of hydrogen-bond acceptors (Lipinski definition) is 7. The Balaban J connectivity index is 2.21. The predicted molar refractivity (Wildman–Crippen MR) is 89.7 cm³/mol. The molecule has 24 heavy (non-hydrogen) atoms. The maximum absolute atomic E-state index is 12.2. The van der Waals surface area contributed by atoms with Crippen LogP contribution in [0.25, 0.3) is 0 Å². The zero-order valence-corrected chi connectivity index (χ0v) is 14.1. The summed E-state index contributed by atoms with van der Waals surface area (Å²) in [6, 6.07) is 3.35. The Morgan fingerprint density at radius 3 is 2.62 bits per heavy atom. The summed E-state index contributed by atoms with van der Waals surface area (Å²) in [6.07, 6.45) is 0.594. The maximum Gasteiger partial charge on any atom is 0.348 e. The topological polar surface area (TPSA) is 124 Å². The molecule has 0 aromatic carbocycles. The van der Waals surface area contributed by atoms with Gasteiger partial charge >= 0.3 is 11.7 Å². The van der Waals surface area contributed by atoms with Gasteiger partial charge < -0.3 is 10.5 Å². The number of ether oxygens (including phenoxy) is 1. The van der Waals surface area contributed by atoms with Crippen molar-refractivity contribution in [3.8, 4) is 0 Å². The third-order valence-electron chi connectivity index (χ3n) is 3.24. The van der Waals surface area contributed by atoms with Crippen LogP contribution in [0.15, 0.2) is 21.7 Å². The number of nitrogen functional groups attached to an aromatic ring is 1. The fourth-order valence-corrected chi connectivity index (χ4v) is 2.88. The van der Waals surface area contributed by atoms with Gasteiger partial charge in [-0.3, -0.25) is 19.1 Å². The highest BCUT2D eigenvalue weighted by Gasteiger charge is 2.21. The quantitative estimate of drug-likeness (QED) is 0.589. The number of anilines is 1. The van der Waals surface area contributed by atoms with Crippen molar-refractivity contribution in [1.82, 2.24) is 9.55 Å². The summed E-state index contributed by atoms with van der Waals surface area (Å²) in [5.74, 6) is -1.64. The van der Waals surface area contributed by atoms with Crippen LogP contribution in [0.2, 0.25) is 0 Å². The molecule has 0 bridgehead atoms. The molecule has 128 valence electrons. The normalized spacial score (nSPS) is 10.6. The minimum absolute atomic E-state index is 0.224. The highest BCUT2D eigenvalue weighted by Crippen LogP contribution is 2.16. The molecule has 0 aliphatic rings. The lowest BCUT2D eigenvalue weighted by atomic mass is 10.2. The zero-order valence-electron chi connectivity index (χ0n) is 13.3. The lowest BCUT2D eigenvalue weighted by molar-refractivity contribution is 0.0479. The molecule has 0 amide bonds. The Kier molecular flexibility index (Phi) is 5.35. The average molecular weight is 351 g/mol. The molecule has 3 N–H and O–H groups in total. The molecule has 2 rings (SSSR count). The SMILES string of the molecule is CCCn1c(N)c(C(=O)COC(=O)c2ccc(C)s2)c(=O)[nH]c1=O. The van der Waals surface area contributed by atoms with Gasteiger partial charge in [-0.2, -0.15) is 0 Å². The van der Waals surface area contributed by atoms with Gasteiger partial charge in [0.15, 0.2) is 6.61 Å². The molecule has 2 aromatic heterocycles. The third kappa shape index (κ3) is 3.62. The van der Waals surface area contributed by atoms with Crippen molar-refractivity contribution in [1.29, 1.82) is 0 Å². The summed E-state index contributed by atoms with van der Waals surface area (Å²) in [5, 5.41) is 0. The van der Waals surface area contributed by atoms with E-state index in [2.05, 4.69) is 0 Å². The monoisotopic (exact) mass is 351 g/mol. The number of nitrogens with two attached hydrogens (primary N) is 1. The number of aromatic amines is 1. The number of thiophene rings is 1. The highest BCUT2D eigenvalue weighted by atomic mass is 32.1. The zero-order chi connectivity index (χ0) is 17.9. The van der Waals surface area contributed by atoms with E-state index in [1.165, 1.54) is 11.3 Å². The summed E-state index contributed by atoms with van der Waals surface area (Å²) in [7, 11) is 0. The molecule has 2 aromatic rings. The van der Waals surface area contributed by atoms with Crippen molar-refractivity contribution in [2.45, 2.75) is 26.8 Å². The van der Waals surface area contributed by atoms with E-state index >= 15 is 0 Å². The maximum atomic E-state index is 12.2. The molecular weight excluding hydrogens is 334 g/mol. The first-order valence-corrected chi connectivity index (χ1v) is 8.06. The second kappa shape index (κ2) is 7.26. The van der Waals surface area contributed by atoms with Gasteiger partial charge in [-0.05, 0) is 25.5 Å². The van der Waals surface area contributed by atoms with Crippen LogP contribution < -0.4 is 17.0 Å². The number of hydrogen-bond donors (Lipinski definition) is 2. The van der Waals surface area contributed by atoms with Crippen LogP contribution in [0.5, 0.6) is 0 Å². The van der Waals surface area contributed by atoms with Gasteiger partial charge in [0.1, 0.15) is 16.3 Å². The van der Waals surface area contributed by atoms with Gasteiger partial charge in [0.25, 0.3) is 5.56 Å². The lowest BCUT2D eigenvalue weighted by Crippen LogP contribution is -2.37. The minimum atomic E-state index is -0.891. The Labute approximate surface area is 140 Å². The first-order chi connectivity index (χ1) is 11.3. The summed E-state index contributed by atoms with van der Waals surface area (Å²) in [4.78, 5) is 51.0. The molecule has 0 unspecified atom stereocenters. The summed E-state index contributed by atoms with van der Waals surface area (Å²) in [6.45, 7) is 3.29. The fraction of sp³-hybridized carbons (Fsp3) is 0.333. The first kappa shape index (κ1) is 17.7. The second-order valence-electron chi connectivity index (χ2n) is 5.08. The Morgan fingerprint density at radius 1 is 1.33 bits per heavy atom. The third-order valence-corrected chi connectivity index (χ3v) is 4.22. The smallest absolute Gasteiger partial charge is 0.348 e. The van der Waals surface area contributed by atoms with Crippen LogP contribution >= 0.6 is 11.3 Å². The summed E-state index contributed by atoms with van der Waals surface area (Å²) in [5.41, 5.74) is 3.83. The van der Waals surface area contributed by atoms with Crippen molar-refractivity contribution in [3.63, 3.8) is 0 Å². The van der Waals surface area contributed by atoms with E-state index in [1.807, 2.05) is 18.8 Å². The molecule has 0 spiro atoms. The van der Waals surface area contributed by atoms with Gasteiger partial charge in [-0.1, -0.05) is 6.92 Å². The van der Waals surface area contributed by atoms with E-state index in [1.54, 1.807) is 12.1 Å². The van der Waals surface area contributed by atoms with Gasteiger partial charge in [-0.25, -0.2) is 9.59 Å². The number of nitrogens with zero attached hydrogens (tertiary/aromatic N) is 1. The molecule has 0 saturated heterocycles. The fourth-order valence-electron chi connectivity index (χ4n) is 2.12. The number of ketones is 1. The molecule has 0 atom stereocenters. The van der Waals surface area contributed by atoms with Crippen molar-refractivity contribution < 1.29 is 14.3 Å². The molecule has 0 saturated carbocycles. The standard InChI is InChI=1S/C15H17N3O5S/c1-3-6-18-12(16)11(13(20)17-15(18)22)9(19)7-23-14(21)10-5-4-8(2)24-10/h4-5H,3,6-7,16H2,1-2H3,(H,17,20,22). The highest BCUT2D eigenvalue weighted by molar-refractivity contribution is 7.13. The average Bonchev–Trinajstić information content (AvgIpc) is 2.95. The number of aromatic nitrogens is 2. The van der Waals surface area contributed by atoms with Crippen LogP contribution in [-0.4, -0.2) is 27.9 Å². The van der Waals surface area contributed by atoms with E-state index in [0.29, 0.717) is 11.3 Å². The molecule has 0 radical (unpaired) electrons. The van der Waals surface area contributed by atoms with Crippen LogP contribution in [-0.2, 0) is 11.3 Å². The molecule has 2 heterocycles. The van der Waals surface area contributed by atoms with E-state index in [0.717, 1.165) is 9.44 Å². The molecular formula is C15H17N3O5S. The Bertz CT molecular complexity index is 893. The number of carbonyl (C=O) groups excluding carboxylic acids is 2. The number of nitrogens with one attached hydrogen (secondary N) is 1. The van der Waals surface area contributed by atoms with Crippen LogP contribution in [0.4, 0.5) is 5.82 Å². The number of rotatable bonds is 6. The number of Topliss-reactive ketones (excluding diaryl/α,β-unsaturated/α-hetero) is 1. The lowest BCUT2D eigenvalue weighted by Gasteiger charge is -2.11. The second-order valence-corrected chi connectivity index (χ2v) is 6.37. The van der Waals surface area contributed by atoms with Crippen molar-refractivity contribution in [3.05, 3.63) is 48.3 Å². The van der Waals surface area contributed by atoms with Crippen molar-refractivity contribution >= 4 is 28.9 Å². The van der Waals surface area contributed by atoms with Crippen LogP contribution in [0.3, 0.4) is 0 Å². The Morgan fingerprint density at radius 2 is 2.04 bits per heavy atom. The van der Waals surface area contributed by atoms with Gasteiger partial charge in [0.05, 0.1) is 0 Å². The first-order valence-electron chi connectivity index (χ1n) is 7.24. The van der Waals surface area contributed by atoms with Gasteiger partial charge in [-0.15, -0.1) is 11.3 Å². The summed E-state index contributed by atoms with van der Waals surface area (Å²) >= 11 is 1.24. The molecule has 8 nitrogen and oxygen atoms in total. The largest absolute Gasteiger partial charge is 0.453 e. The number of esters is 1. The minimum Gasteiger partial charge on any atom is -0.453 e. The predicted octanol–water partition coefficient (Wildman–Crippen LogP) is 0.938. The van der Waals surface area contributed by atoms with Gasteiger partial charge in [0, 0.05) is 11.4 Å². The molecule has 9 heteroatoms. The van der Waals surface area contributed by atoms with E-state index in [9.17, 15) is 19.2 Å². The van der Waals surface area contributed by atoms with E-state index in [4.69, 9.17) is 10.5 Å². The van der Waals surface area contributed by atoms with Gasteiger partial charge in [0.2, 0.25) is 5.78 Å². The number of carbonyl (C=O) groups is 2. The van der Waals surface area contributed by atoms with Crippen molar-refractivity contribution in [2.75, 3.05) is 12.3 Å². The van der Waals surface area contributed by atoms with Crippen molar-refractivity contribution in [2.24, 2.45) is 0 Å². The van der Waals surface area contributed by atoms with Crippen LogP contribution in [0, 0.1) is 6.92 Å².